The zero-order valence-corrected chi connectivity index (χ0v) is 58.5. The largest absolute Gasteiger partial charge is 0.496 e. The topological polar surface area (TPSA) is 262 Å². The van der Waals surface area contributed by atoms with Crippen LogP contribution in [0.1, 0.15) is 96.4 Å². The average Bonchev–Trinajstić information content (AvgIpc) is 1.72. The van der Waals surface area contributed by atoms with Gasteiger partial charge in [0.2, 0.25) is 0 Å². The quantitative estimate of drug-likeness (QED) is 0.0199. The lowest BCUT2D eigenvalue weighted by Crippen LogP contribution is -2.54. The molecule has 514 valence electrons. The molecule has 4 aromatic carbocycles. The van der Waals surface area contributed by atoms with E-state index in [2.05, 4.69) is 58.8 Å². The molecule has 4 heterocycles. The summed E-state index contributed by atoms with van der Waals surface area (Å²) in [5.74, 6) is 0.737. The molecule has 4 aliphatic heterocycles. The Labute approximate surface area is 565 Å². The Morgan fingerprint density at radius 1 is 0.559 bits per heavy atom. The second-order valence-electron chi connectivity index (χ2n) is 24.9. The van der Waals surface area contributed by atoms with Crippen LogP contribution in [0.5, 0.6) is 5.75 Å². The number of benzene rings is 4. The smallest absolute Gasteiger partial charge is 0.410 e. The molecule has 0 bridgehead atoms. The molecule has 0 saturated carbocycles. The van der Waals surface area contributed by atoms with Gasteiger partial charge in [-0.15, -0.1) is 12.6 Å². The van der Waals surface area contributed by atoms with Crippen LogP contribution in [0, 0.1) is 0 Å². The van der Waals surface area contributed by atoms with Crippen molar-refractivity contribution >= 4 is 74.6 Å². The Bertz CT molecular complexity index is 2980. The number of nitrogens with two attached hydrogens (primary N) is 1. The number of hydrogen-bond donors (Lipinski definition) is 7. The van der Waals surface area contributed by atoms with Crippen LogP contribution in [0.3, 0.4) is 0 Å². The summed E-state index contributed by atoms with van der Waals surface area (Å²) in [6, 6.07) is 36.2. The van der Waals surface area contributed by atoms with Gasteiger partial charge >= 0.3 is 30.5 Å². The van der Waals surface area contributed by atoms with E-state index in [0.717, 1.165) is 47.5 Å². The zero-order chi connectivity index (χ0) is 68.5. The van der Waals surface area contributed by atoms with E-state index in [9.17, 15) is 24.0 Å². The van der Waals surface area contributed by atoms with E-state index >= 15 is 0 Å². The monoisotopic (exact) mass is 1350 g/mol. The number of methoxy groups -OCH3 is 5. The fourth-order valence-corrected chi connectivity index (χ4v) is 11.6. The van der Waals surface area contributed by atoms with Crippen molar-refractivity contribution in [2.24, 2.45) is 10.7 Å². The molecule has 0 spiro atoms. The zero-order valence-electron chi connectivity index (χ0n) is 55.8. The van der Waals surface area contributed by atoms with Gasteiger partial charge in [0.25, 0.3) is 0 Å². The van der Waals surface area contributed by atoms with Crippen LogP contribution in [0.15, 0.2) is 120 Å². The van der Waals surface area contributed by atoms with Gasteiger partial charge in [-0.25, -0.2) is 24.0 Å². The minimum atomic E-state index is -0.814. The van der Waals surface area contributed by atoms with Gasteiger partial charge in [0, 0.05) is 66.4 Å². The van der Waals surface area contributed by atoms with Gasteiger partial charge in [-0.3, -0.25) is 4.99 Å². The van der Waals surface area contributed by atoms with Crippen molar-refractivity contribution in [3.8, 4) is 5.75 Å². The number of thiol groups is 3. The first-order valence-corrected chi connectivity index (χ1v) is 32.4. The number of hydrogen-bond acceptors (Lipinski definition) is 21. The van der Waals surface area contributed by atoms with Crippen molar-refractivity contribution in [1.29, 1.82) is 0 Å². The van der Waals surface area contributed by atoms with Crippen molar-refractivity contribution in [3.63, 3.8) is 0 Å². The number of carbonyl (C=O) groups excluding carboxylic acids is 5. The Hall–Kier alpha value is -6.49. The van der Waals surface area contributed by atoms with E-state index in [4.69, 9.17) is 53.1 Å². The van der Waals surface area contributed by atoms with Crippen LogP contribution in [0.25, 0.3) is 0 Å². The van der Waals surface area contributed by atoms with Crippen LogP contribution in [0.4, 0.5) is 24.0 Å². The number of para-hydroxylation sites is 1. The van der Waals surface area contributed by atoms with Crippen molar-refractivity contribution in [3.05, 3.63) is 138 Å². The van der Waals surface area contributed by atoms with Crippen molar-refractivity contribution < 1.29 is 71.3 Å². The Balaban J connectivity index is 0.000000230. The van der Waals surface area contributed by atoms with Gasteiger partial charge < -0.3 is 83.8 Å². The molecule has 0 radical (unpaired) electrons. The predicted octanol–water partition coefficient (Wildman–Crippen LogP) is 9.90. The minimum absolute atomic E-state index is 0.0858. The number of ether oxygens (including phenoxy) is 10. The minimum Gasteiger partial charge on any atom is -0.496 e. The van der Waals surface area contributed by atoms with Gasteiger partial charge in [0.05, 0.1) is 38.2 Å². The van der Waals surface area contributed by atoms with E-state index in [0.29, 0.717) is 52.0 Å². The summed E-state index contributed by atoms with van der Waals surface area (Å²) in [5.41, 5.74) is 6.04. The first-order valence-electron chi connectivity index (χ1n) is 30.8. The van der Waals surface area contributed by atoms with Crippen LogP contribution >= 0.6 is 37.9 Å². The lowest BCUT2D eigenvalue weighted by molar-refractivity contribution is -0.0239. The number of amides is 5. The number of alkyl carbamates (subject to hydrolysis) is 2. The number of carbonyl (C=O) groups is 5. The molecule has 4 fully saturated rings. The summed E-state index contributed by atoms with van der Waals surface area (Å²) in [5, 5.41) is 7.27. The second-order valence-corrected chi connectivity index (χ2v) is 26.5. The number of nitrogens with one attached hydrogen (secondary N) is 3. The Kier molecular flexibility index (Phi) is 30.2. The number of nitrogens with zero attached hydrogens (tertiary/aromatic N) is 4. The van der Waals surface area contributed by atoms with E-state index < -0.39 is 62.4 Å². The number of rotatable bonds is 19. The summed E-state index contributed by atoms with van der Waals surface area (Å²) >= 11 is 13.4. The van der Waals surface area contributed by atoms with Gasteiger partial charge in [-0.05, 0) is 110 Å². The van der Waals surface area contributed by atoms with Crippen LogP contribution in [-0.2, 0) is 62.5 Å². The third-order valence-corrected chi connectivity index (χ3v) is 17.8. The normalized spacial score (nSPS) is 22.3. The summed E-state index contributed by atoms with van der Waals surface area (Å²) in [4.78, 5) is 70.0. The van der Waals surface area contributed by atoms with Gasteiger partial charge in [0.1, 0.15) is 69.9 Å². The van der Waals surface area contributed by atoms with E-state index in [1.807, 2.05) is 143 Å². The van der Waals surface area contributed by atoms with E-state index in [1.54, 1.807) is 77.2 Å². The predicted molar refractivity (Wildman–Crippen MR) is 366 cm³/mol. The maximum atomic E-state index is 12.5. The van der Waals surface area contributed by atoms with Crippen molar-refractivity contribution in [2.75, 3.05) is 87.9 Å². The maximum Gasteiger partial charge on any atom is 0.410 e. The third-order valence-electron chi connectivity index (χ3n) is 16.1. The molecule has 8 rings (SSSR count). The molecule has 4 aliphatic rings. The van der Waals surface area contributed by atoms with Crippen LogP contribution in [-0.4, -0.2) is 195 Å². The molecule has 4 aromatic rings. The van der Waals surface area contributed by atoms with E-state index in [1.165, 1.54) is 0 Å². The summed E-state index contributed by atoms with van der Waals surface area (Å²) < 4.78 is 54.4. The molecular formula is C67H98N8O15S3. The SMILES string of the molecule is COC1(C(C)NC(=O)OC(C)(C)C)CCNC1.COC1(C(N)S)CCN(C(=O)OCc2ccccc2)C1.COC1(C(S)NC(=O)OC(C)(C)C)CCN(C(=O)OCc2ccccc2)C1.COc1ccccc1C=NC(S)C1(OC)CCN(C(=O)OCc2ccccc2)C1. The van der Waals surface area contributed by atoms with E-state index in [-0.39, 0.29) is 50.2 Å². The first kappa shape index (κ1) is 77.2. The second kappa shape index (κ2) is 36.4. The first-order chi connectivity index (χ1) is 44.1. The highest BCUT2D eigenvalue weighted by Crippen LogP contribution is 2.35. The molecular weight excluding hydrogens is 1250 g/mol. The lowest BCUT2D eigenvalue weighted by atomic mass is 9.94. The summed E-state index contributed by atoms with van der Waals surface area (Å²) in [7, 11) is 8.06. The molecule has 26 heteroatoms. The lowest BCUT2D eigenvalue weighted by Gasteiger charge is -2.34. The maximum absolute atomic E-state index is 12.5. The summed E-state index contributed by atoms with van der Waals surface area (Å²) in [6.07, 6.45) is 2.33. The molecule has 93 heavy (non-hydrogen) atoms. The standard InChI is InChI=1S/C22H26N2O4S.C19H28N2O5S.C14H20N2O3S.C12H24N2O3/c1-26-19-11-7-6-10-18(19)14-23-20(29)22(27-2)12-13-24(16-22)21(25)28-15-17-8-4-3-5-9-17;1-18(2,3)26-16(22)20-15(27)19(24-4)10-11-21(13-19)17(23)25-12-14-8-6-5-7-9-14;1-18-14(12(15)20)7-8-16(10-14)13(17)19-9-11-5-3-2-4-6-11;1-9(12(16-5)6-7-13-8-12)14-10(15)17-11(2,3)4/h3-11,14,20,29H,12-13,15-16H2,1-2H3;5-9,15,27H,10-13H2,1-4H3,(H,20,22);2-6,12,20H,7-10,15H2,1H3;9,13H,6-8H2,1-5H3,(H,14,15). The number of likely N-dealkylation sites (tertiary alicyclic amines) is 3. The van der Waals surface area contributed by atoms with Crippen molar-refractivity contribution in [2.45, 2.75) is 150 Å². The molecule has 23 nitrogen and oxygen atoms in total. The molecule has 8 atom stereocenters. The Morgan fingerprint density at radius 2 is 0.946 bits per heavy atom. The van der Waals surface area contributed by atoms with Crippen LogP contribution in [0.2, 0.25) is 0 Å². The van der Waals surface area contributed by atoms with Gasteiger partial charge in [-0.2, -0.15) is 25.3 Å². The highest BCUT2D eigenvalue weighted by Gasteiger charge is 2.48. The molecule has 0 aromatic heterocycles. The van der Waals surface area contributed by atoms with Gasteiger partial charge in [0.15, 0.2) is 0 Å². The van der Waals surface area contributed by atoms with Crippen LogP contribution < -0.4 is 26.4 Å². The summed E-state index contributed by atoms with van der Waals surface area (Å²) in [6.45, 7) is 17.8. The highest BCUT2D eigenvalue weighted by molar-refractivity contribution is 7.81. The fraction of sp³-hybridized carbons (Fsp3) is 0.552. The number of aliphatic imine (C=N–C) groups is 1. The Morgan fingerprint density at radius 3 is 1.33 bits per heavy atom. The molecule has 8 unspecified atom stereocenters. The molecule has 5 N–H and O–H groups in total. The molecule has 5 amide bonds. The highest BCUT2D eigenvalue weighted by atomic mass is 32.1. The average molecular weight is 1350 g/mol. The fourth-order valence-electron chi connectivity index (χ4n) is 10.5. The third kappa shape index (κ3) is 23.7. The van der Waals surface area contributed by atoms with Crippen molar-refractivity contribution in [1.82, 2.24) is 30.7 Å². The molecule has 0 aliphatic carbocycles. The molecule has 4 saturated heterocycles. The van der Waals surface area contributed by atoms with Gasteiger partial charge in [-0.1, -0.05) is 103 Å².